The summed E-state index contributed by atoms with van der Waals surface area (Å²) in [4.78, 5) is 27.9. The SMILES string of the molecule is CCCCCCCCCCCCN1C(=O)C(=O)C(=C(O)c2ccc(OC)cc2)[C@@H]1c1ccc(O)c(OC)c1. The van der Waals surface area contributed by atoms with Crippen LogP contribution in [0.25, 0.3) is 5.76 Å². The van der Waals surface area contributed by atoms with E-state index in [1.807, 2.05) is 0 Å². The average Bonchev–Trinajstić information content (AvgIpc) is 3.19. The van der Waals surface area contributed by atoms with Crippen molar-refractivity contribution in [2.75, 3.05) is 20.8 Å². The zero-order chi connectivity index (χ0) is 27.5. The summed E-state index contributed by atoms with van der Waals surface area (Å²) in [5, 5.41) is 21.3. The third-order valence-electron chi connectivity index (χ3n) is 7.18. The monoisotopic (exact) mass is 523 g/mol. The average molecular weight is 524 g/mol. The number of aliphatic hydroxyl groups excluding tert-OH is 1. The minimum absolute atomic E-state index is 0.0278. The number of likely N-dealkylation sites (tertiary alicyclic amines) is 1. The van der Waals surface area contributed by atoms with Crippen molar-refractivity contribution in [1.29, 1.82) is 0 Å². The Morgan fingerprint density at radius 2 is 1.45 bits per heavy atom. The largest absolute Gasteiger partial charge is 0.507 e. The molecule has 1 aliphatic rings. The normalized spacial score (nSPS) is 16.7. The number of ketones is 1. The van der Waals surface area contributed by atoms with Crippen molar-refractivity contribution in [3.8, 4) is 17.2 Å². The molecule has 3 rings (SSSR count). The van der Waals surface area contributed by atoms with Crippen LogP contribution < -0.4 is 9.47 Å². The molecule has 7 nitrogen and oxygen atoms in total. The Labute approximate surface area is 226 Å². The molecule has 1 fully saturated rings. The number of carbonyl (C=O) groups excluding carboxylic acids is 2. The van der Waals surface area contributed by atoms with Crippen molar-refractivity contribution in [1.82, 2.24) is 4.90 Å². The van der Waals surface area contributed by atoms with Gasteiger partial charge in [0.05, 0.1) is 25.8 Å². The van der Waals surface area contributed by atoms with E-state index in [0.717, 1.165) is 19.3 Å². The van der Waals surface area contributed by atoms with Crippen molar-refractivity contribution in [3.63, 3.8) is 0 Å². The number of rotatable bonds is 15. The highest BCUT2D eigenvalue weighted by Crippen LogP contribution is 2.42. The van der Waals surface area contributed by atoms with E-state index in [-0.39, 0.29) is 22.8 Å². The van der Waals surface area contributed by atoms with Gasteiger partial charge in [0, 0.05) is 12.1 Å². The van der Waals surface area contributed by atoms with E-state index in [1.54, 1.807) is 43.5 Å². The number of methoxy groups -OCH3 is 2. The van der Waals surface area contributed by atoms with Gasteiger partial charge in [-0.3, -0.25) is 9.59 Å². The molecule has 0 aromatic heterocycles. The fourth-order valence-electron chi connectivity index (χ4n) is 5.00. The highest BCUT2D eigenvalue weighted by molar-refractivity contribution is 6.46. The van der Waals surface area contributed by atoms with E-state index in [0.29, 0.717) is 23.4 Å². The molecule has 2 N–H and O–H groups in total. The minimum atomic E-state index is -0.787. The summed E-state index contributed by atoms with van der Waals surface area (Å²) in [5.41, 5.74) is 1.03. The Bertz CT molecular complexity index is 1110. The Kier molecular flexibility index (Phi) is 11.1. The lowest BCUT2D eigenvalue weighted by atomic mass is 9.95. The van der Waals surface area contributed by atoms with E-state index in [2.05, 4.69) is 6.92 Å². The first-order chi connectivity index (χ1) is 18.4. The van der Waals surface area contributed by atoms with Crippen molar-refractivity contribution in [2.24, 2.45) is 0 Å². The maximum atomic E-state index is 13.2. The Morgan fingerprint density at radius 1 is 0.842 bits per heavy atom. The number of ether oxygens (including phenoxy) is 2. The first-order valence-electron chi connectivity index (χ1n) is 13.7. The molecular weight excluding hydrogens is 482 g/mol. The first kappa shape index (κ1) is 29.1. The fourth-order valence-corrected chi connectivity index (χ4v) is 5.00. The summed E-state index contributed by atoms with van der Waals surface area (Å²) >= 11 is 0. The topological polar surface area (TPSA) is 96.3 Å². The number of Topliss-reactive ketones (excluding diaryl/α,β-unsaturated/α-hetero) is 1. The van der Waals surface area contributed by atoms with Crippen molar-refractivity contribution < 1.29 is 29.3 Å². The number of unbranched alkanes of at least 4 members (excludes halogenated alkanes) is 9. The number of phenolic OH excluding ortho intramolecular Hbond substituents is 1. The maximum Gasteiger partial charge on any atom is 0.295 e. The zero-order valence-electron chi connectivity index (χ0n) is 22.9. The van der Waals surface area contributed by atoms with Crippen LogP contribution in [0, 0.1) is 0 Å². The summed E-state index contributed by atoms with van der Waals surface area (Å²) in [6, 6.07) is 10.6. The Morgan fingerprint density at radius 3 is 2.03 bits per heavy atom. The summed E-state index contributed by atoms with van der Waals surface area (Å²) in [7, 11) is 2.99. The second-order valence-corrected chi connectivity index (χ2v) is 9.83. The van der Waals surface area contributed by atoms with Crippen LogP contribution in [0.2, 0.25) is 0 Å². The van der Waals surface area contributed by atoms with Gasteiger partial charge in [0.1, 0.15) is 11.5 Å². The number of aromatic hydroxyl groups is 1. The minimum Gasteiger partial charge on any atom is -0.507 e. The summed E-state index contributed by atoms with van der Waals surface area (Å²) < 4.78 is 10.5. The highest BCUT2D eigenvalue weighted by atomic mass is 16.5. The molecule has 0 bridgehead atoms. The van der Waals surface area contributed by atoms with Gasteiger partial charge in [-0.2, -0.15) is 0 Å². The number of aliphatic hydroxyl groups is 1. The molecular formula is C31H41NO6. The third kappa shape index (κ3) is 7.09. The zero-order valence-corrected chi connectivity index (χ0v) is 22.9. The molecule has 0 aliphatic carbocycles. The molecule has 1 saturated heterocycles. The fraction of sp³-hybridized carbons (Fsp3) is 0.484. The van der Waals surface area contributed by atoms with E-state index in [1.165, 1.54) is 63.0 Å². The summed E-state index contributed by atoms with van der Waals surface area (Å²) in [6.07, 6.45) is 11.6. The number of benzene rings is 2. The van der Waals surface area contributed by atoms with Gasteiger partial charge < -0.3 is 24.6 Å². The number of carbonyl (C=O) groups is 2. The number of amides is 1. The smallest absolute Gasteiger partial charge is 0.295 e. The highest BCUT2D eigenvalue weighted by Gasteiger charge is 2.46. The molecule has 0 radical (unpaired) electrons. The standard InChI is InChI=1S/C31H41NO6/c1-4-5-6-7-8-9-10-11-12-13-20-32-28(23-16-19-25(33)26(21-23)38-3)27(30(35)31(32)36)29(34)22-14-17-24(37-2)18-15-22/h14-19,21,28,33-34H,4-13,20H2,1-3H3/t28-/m0/s1. The molecule has 206 valence electrons. The van der Waals surface area contributed by atoms with Gasteiger partial charge in [-0.25, -0.2) is 0 Å². The molecule has 7 heteroatoms. The molecule has 1 aliphatic heterocycles. The molecule has 2 aromatic carbocycles. The lowest BCUT2D eigenvalue weighted by Crippen LogP contribution is -2.30. The molecule has 2 aromatic rings. The second kappa shape index (κ2) is 14.5. The van der Waals surface area contributed by atoms with Crippen molar-refractivity contribution >= 4 is 17.4 Å². The number of hydrogen-bond acceptors (Lipinski definition) is 6. The number of hydrogen-bond donors (Lipinski definition) is 2. The van der Waals surface area contributed by atoms with Gasteiger partial charge in [-0.05, 0) is 48.4 Å². The van der Waals surface area contributed by atoms with Gasteiger partial charge in [0.25, 0.3) is 11.7 Å². The van der Waals surface area contributed by atoms with Gasteiger partial charge in [-0.1, -0.05) is 70.8 Å². The second-order valence-electron chi connectivity index (χ2n) is 9.83. The van der Waals surface area contributed by atoms with Crippen LogP contribution in [-0.2, 0) is 9.59 Å². The van der Waals surface area contributed by atoms with Crippen LogP contribution in [0.4, 0.5) is 0 Å². The van der Waals surface area contributed by atoms with E-state index in [4.69, 9.17) is 9.47 Å². The maximum absolute atomic E-state index is 13.2. The molecule has 1 heterocycles. The molecule has 1 amide bonds. The molecule has 1 atom stereocenters. The van der Waals surface area contributed by atoms with Crippen LogP contribution in [0.1, 0.15) is 88.3 Å². The quantitative estimate of drug-likeness (QED) is 0.116. The lowest BCUT2D eigenvalue weighted by Gasteiger charge is -2.26. The molecule has 38 heavy (non-hydrogen) atoms. The number of phenols is 1. The predicted octanol–water partition coefficient (Wildman–Crippen LogP) is 6.75. The van der Waals surface area contributed by atoms with Gasteiger partial charge in [0.15, 0.2) is 11.5 Å². The molecule has 0 saturated carbocycles. The number of nitrogens with zero attached hydrogens (tertiary/aromatic N) is 1. The lowest BCUT2D eigenvalue weighted by molar-refractivity contribution is -0.139. The van der Waals surface area contributed by atoms with Crippen LogP contribution in [0.3, 0.4) is 0 Å². The van der Waals surface area contributed by atoms with Crippen LogP contribution in [0.5, 0.6) is 17.2 Å². The van der Waals surface area contributed by atoms with Crippen molar-refractivity contribution in [2.45, 2.75) is 77.2 Å². The predicted molar refractivity (Wildman–Crippen MR) is 149 cm³/mol. The third-order valence-corrected chi connectivity index (χ3v) is 7.18. The van der Waals surface area contributed by atoms with Crippen molar-refractivity contribution in [3.05, 3.63) is 59.2 Å². The Balaban J connectivity index is 1.79. The van der Waals surface area contributed by atoms with E-state index in [9.17, 15) is 19.8 Å². The molecule has 0 spiro atoms. The van der Waals surface area contributed by atoms with Gasteiger partial charge >= 0.3 is 0 Å². The summed E-state index contributed by atoms with van der Waals surface area (Å²) in [6.45, 7) is 2.62. The van der Waals surface area contributed by atoms with Crippen LogP contribution >= 0.6 is 0 Å². The van der Waals surface area contributed by atoms with Crippen LogP contribution in [-0.4, -0.2) is 47.6 Å². The first-order valence-corrected chi connectivity index (χ1v) is 13.7. The molecule has 0 unspecified atom stereocenters. The summed E-state index contributed by atoms with van der Waals surface area (Å²) in [5.74, 6) is -0.790. The van der Waals surface area contributed by atoms with Gasteiger partial charge in [-0.15, -0.1) is 0 Å². The van der Waals surface area contributed by atoms with E-state index < -0.39 is 17.7 Å². The van der Waals surface area contributed by atoms with Crippen LogP contribution in [0.15, 0.2) is 48.0 Å². The van der Waals surface area contributed by atoms with E-state index >= 15 is 0 Å². The van der Waals surface area contributed by atoms with Gasteiger partial charge in [0.2, 0.25) is 0 Å². The Hall–Kier alpha value is -3.48.